The van der Waals surface area contributed by atoms with Crippen molar-refractivity contribution in [1.82, 2.24) is 5.43 Å². The fourth-order valence-electron chi connectivity index (χ4n) is 1.66. The van der Waals surface area contributed by atoms with Gasteiger partial charge in [-0.05, 0) is 24.3 Å². The largest absolute Gasteiger partial charge is 0.455 e. The number of ether oxygens (including phenoxy) is 1. The maximum absolute atomic E-state index is 11.1. The number of methoxy groups -OCH3 is 1. The molecule has 0 aliphatic rings. The minimum absolute atomic E-state index is 0.0120. The van der Waals surface area contributed by atoms with Crippen molar-refractivity contribution in [1.29, 1.82) is 0 Å². The van der Waals surface area contributed by atoms with Gasteiger partial charge in [0.25, 0.3) is 11.6 Å². The van der Waals surface area contributed by atoms with Crippen molar-refractivity contribution >= 4 is 17.8 Å². The highest BCUT2D eigenvalue weighted by atomic mass is 16.6. The molecule has 22 heavy (non-hydrogen) atoms. The molecule has 1 N–H and O–H groups in total. The van der Waals surface area contributed by atoms with Crippen molar-refractivity contribution < 1.29 is 18.9 Å². The van der Waals surface area contributed by atoms with E-state index in [1.54, 1.807) is 24.3 Å². The van der Waals surface area contributed by atoms with Gasteiger partial charge in [0.2, 0.25) is 0 Å². The van der Waals surface area contributed by atoms with Crippen LogP contribution in [0.5, 0.6) is 0 Å². The van der Waals surface area contributed by atoms with E-state index >= 15 is 0 Å². The Morgan fingerprint density at radius 1 is 1.36 bits per heavy atom. The Morgan fingerprint density at radius 3 is 2.73 bits per heavy atom. The normalized spacial score (nSPS) is 10.8. The monoisotopic (exact) mass is 303 g/mol. The van der Waals surface area contributed by atoms with Gasteiger partial charge in [0, 0.05) is 24.8 Å². The van der Waals surface area contributed by atoms with E-state index < -0.39 is 4.92 Å². The summed E-state index contributed by atoms with van der Waals surface area (Å²) in [5, 5.41) is 14.3. The van der Waals surface area contributed by atoms with E-state index in [1.165, 1.54) is 25.5 Å². The first-order valence-corrected chi connectivity index (χ1v) is 6.25. The maximum Gasteiger partial charge on any atom is 0.269 e. The van der Waals surface area contributed by atoms with Gasteiger partial charge in [-0.2, -0.15) is 5.10 Å². The first-order valence-electron chi connectivity index (χ1n) is 6.25. The summed E-state index contributed by atoms with van der Waals surface area (Å²) in [6.07, 6.45) is 1.35. The number of furan rings is 1. The van der Waals surface area contributed by atoms with Crippen LogP contribution in [0.4, 0.5) is 5.69 Å². The molecule has 1 aromatic carbocycles. The number of hydrogen-bond donors (Lipinski definition) is 1. The number of benzene rings is 1. The second kappa shape index (κ2) is 7.14. The molecule has 114 valence electrons. The molecule has 1 heterocycles. The summed E-state index contributed by atoms with van der Waals surface area (Å²) in [5.41, 5.74) is 2.99. The van der Waals surface area contributed by atoms with E-state index in [1.807, 2.05) is 0 Å². The summed E-state index contributed by atoms with van der Waals surface area (Å²) in [4.78, 5) is 21.2. The summed E-state index contributed by atoms with van der Waals surface area (Å²) in [6, 6.07) is 9.37. The first kappa shape index (κ1) is 15.4. The zero-order valence-corrected chi connectivity index (χ0v) is 11.7. The lowest BCUT2D eigenvalue weighted by molar-refractivity contribution is -0.384. The maximum atomic E-state index is 11.1. The topological polar surface area (TPSA) is 107 Å². The van der Waals surface area contributed by atoms with Crippen molar-refractivity contribution in [2.75, 3.05) is 13.7 Å². The van der Waals surface area contributed by atoms with Crippen LogP contribution in [0, 0.1) is 10.1 Å². The van der Waals surface area contributed by atoms with Crippen LogP contribution in [0.3, 0.4) is 0 Å². The molecule has 1 amide bonds. The quantitative estimate of drug-likeness (QED) is 0.498. The highest BCUT2D eigenvalue weighted by molar-refractivity contribution is 5.81. The highest BCUT2D eigenvalue weighted by Gasteiger charge is 2.07. The SMILES string of the molecule is COCC(=O)N/N=C\c1ccc(-c2ccc([N+](=O)[O-])cc2)o1. The lowest BCUT2D eigenvalue weighted by Gasteiger charge is -1.97. The van der Waals surface area contributed by atoms with E-state index in [0.717, 1.165) is 0 Å². The van der Waals surface area contributed by atoms with Gasteiger partial charge < -0.3 is 9.15 Å². The lowest BCUT2D eigenvalue weighted by atomic mass is 10.1. The summed E-state index contributed by atoms with van der Waals surface area (Å²) < 4.78 is 10.1. The van der Waals surface area contributed by atoms with E-state index in [9.17, 15) is 14.9 Å². The highest BCUT2D eigenvalue weighted by Crippen LogP contribution is 2.23. The van der Waals surface area contributed by atoms with Crippen LogP contribution in [-0.4, -0.2) is 30.8 Å². The third kappa shape index (κ3) is 4.00. The summed E-state index contributed by atoms with van der Waals surface area (Å²) in [7, 11) is 1.41. The van der Waals surface area contributed by atoms with E-state index in [2.05, 4.69) is 15.3 Å². The number of nitro groups is 1. The van der Waals surface area contributed by atoms with E-state index in [-0.39, 0.29) is 18.2 Å². The van der Waals surface area contributed by atoms with Gasteiger partial charge in [0.05, 0.1) is 11.1 Å². The zero-order chi connectivity index (χ0) is 15.9. The van der Waals surface area contributed by atoms with Crippen molar-refractivity contribution in [2.24, 2.45) is 5.10 Å². The Balaban J connectivity index is 2.03. The third-order valence-electron chi connectivity index (χ3n) is 2.65. The molecule has 0 fully saturated rings. The third-order valence-corrected chi connectivity index (χ3v) is 2.65. The molecule has 0 atom stereocenters. The Morgan fingerprint density at radius 2 is 2.09 bits per heavy atom. The van der Waals surface area contributed by atoms with Gasteiger partial charge in [-0.15, -0.1) is 0 Å². The van der Waals surface area contributed by atoms with Gasteiger partial charge in [0.15, 0.2) is 0 Å². The molecule has 8 nitrogen and oxygen atoms in total. The number of non-ortho nitro benzene ring substituents is 1. The number of nitrogens with one attached hydrogen (secondary N) is 1. The van der Waals surface area contributed by atoms with Crippen LogP contribution in [-0.2, 0) is 9.53 Å². The molecule has 2 aromatic rings. The minimum Gasteiger partial charge on any atom is -0.455 e. The van der Waals surface area contributed by atoms with Crippen LogP contribution in [0.25, 0.3) is 11.3 Å². The zero-order valence-electron chi connectivity index (χ0n) is 11.7. The fourth-order valence-corrected chi connectivity index (χ4v) is 1.66. The number of nitro benzene ring substituents is 1. The molecule has 2 rings (SSSR count). The average molecular weight is 303 g/mol. The summed E-state index contributed by atoms with van der Waals surface area (Å²) in [6.45, 7) is -0.0798. The van der Waals surface area contributed by atoms with Crippen molar-refractivity contribution in [3.63, 3.8) is 0 Å². The molecule has 0 saturated heterocycles. The van der Waals surface area contributed by atoms with Crippen LogP contribution in [0.15, 0.2) is 45.9 Å². The number of hydrazone groups is 1. The molecular weight excluding hydrogens is 290 g/mol. The minimum atomic E-state index is -0.466. The molecule has 0 saturated carbocycles. The average Bonchev–Trinajstić information content (AvgIpc) is 2.96. The van der Waals surface area contributed by atoms with Crippen LogP contribution >= 0.6 is 0 Å². The van der Waals surface area contributed by atoms with Gasteiger partial charge in [0.1, 0.15) is 18.1 Å². The molecule has 0 aliphatic carbocycles. The molecule has 0 aliphatic heterocycles. The molecule has 8 heteroatoms. The standard InChI is InChI=1S/C14H13N3O5/c1-21-9-14(18)16-15-8-12-6-7-13(22-12)10-2-4-11(5-3-10)17(19)20/h2-8H,9H2,1H3,(H,16,18)/b15-8-. The van der Waals surface area contributed by atoms with Crippen LogP contribution in [0.1, 0.15) is 5.76 Å². The predicted octanol–water partition coefficient (Wildman–Crippen LogP) is 1.95. The smallest absolute Gasteiger partial charge is 0.269 e. The van der Waals surface area contributed by atoms with E-state index in [4.69, 9.17) is 4.42 Å². The lowest BCUT2D eigenvalue weighted by Crippen LogP contribution is -2.22. The van der Waals surface area contributed by atoms with Crippen molar-refractivity contribution in [2.45, 2.75) is 0 Å². The number of hydrogen-bond acceptors (Lipinski definition) is 6. The Kier molecular flexibility index (Phi) is 4.99. The van der Waals surface area contributed by atoms with Gasteiger partial charge in [-0.3, -0.25) is 14.9 Å². The first-order chi connectivity index (χ1) is 10.6. The predicted molar refractivity (Wildman–Crippen MR) is 78.4 cm³/mol. The van der Waals surface area contributed by atoms with Crippen LogP contribution < -0.4 is 5.43 Å². The van der Waals surface area contributed by atoms with Gasteiger partial charge in [-0.25, -0.2) is 5.43 Å². The molecule has 0 unspecified atom stereocenters. The second-order valence-corrected chi connectivity index (χ2v) is 4.23. The van der Waals surface area contributed by atoms with Gasteiger partial charge in [-0.1, -0.05) is 0 Å². The van der Waals surface area contributed by atoms with Crippen LogP contribution in [0.2, 0.25) is 0 Å². The molecule has 1 aromatic heterocycles. The molecular formula is C14H13N3O5. The van der Waals surface area contributed by atoms with Gasteiger partial charge >= 0.3 is 0 Å². The summed E-state index contributed by atoms with van der Waals surface area (Å²) in [5.74, 6) is 0.603. The molecule has 0 bridgehead atoms. The molecule has 0 spiro atoms. The Hall–Kier alpha value is -3.00. The fraction of sp³-hybridized carbons (Fsp3) is 0.143. The molecule has 0 radical (unpaired) electrons. The van der Waals surface area contributed by atoms with Crippen molar-refractivity contribution in [3.8, 4) is 11.3 Å². The Labute approximate surface area is 125 Å². The number of rotatable bonds is 6. The Bertz CT molecular complexity index is 691. The second-order valence-electron chi connectivity index (χ2n) is 4.23. The number of carbonyl (C=O) groups excluding carboxylic acids is 1. The number of amides is 1. The number of nitrogens with zero attached hydrogens (tertiary/aromatic N) is 2. The van der Waals surface area contributed by atoms with E-state index in [0.29, 0.717) is 17.1 Å². The van der Waals surface area contributed by atoms with Crippen molar-refractivity contribution in [3.05, 3.63) is 52.3 Å². The summed E-state index contributed by atoms with van der Waals surface area (Å²) >= 11 is 0. The number of carbonyl (C=O) groups is 1.